The SMILES string of the molecule is N#Cc1cccc(-c2cc3c4c(c2)N(c2ccc(-c5ccccc5)cc2)c2ccc(-c5ccccc5)cc2B4c2cc(-c4ccccc4)ccc2N3c2ccc(-c3ccccc3)cc2)n1. The molecule has 0 spiro atoms. The fraction of sp³-hybridized carbons (Fsp3) is 0. The number of hydrogen-bond acceptors (Lipinski definition) is 4. The summed E-state index contributed by atoms with van der Waals surface area (Å²) >= 11 is 0. The van der Waals surface area contributed by atoms with Gasteiger partial charge in [0.05, 0.1) is 5.69 Å². The van der Waals surface area contributed by atoms with Crippen molar-refractivity contribution in [3.8, 4) is 61.8 Å². The summed E-state index contributed by atoms with van der Waals surface area (Å²) < 4.78 is 0. The molecule has 0 fully saturated rings. The number of anilines is 6. The highest BCUT2D eigenvalue weighted by molar-refractivity contribution is 7.00. The van der Waals surface area contributed by atoms with E-state index in [1.165, 1.54) is 49.8 Å². The zero-order chi connectivity index (χ0) is 43.3. The number of rotatable bonds is 7. The van der Waals surface area contributed by atoms with Crippen molar-refractivity contribution in [2.45, 2.75) is 0 Å². The van der Waals surface area contributed by atoms with Gasteiger partial charge in [-0.1, -0.05) is 176 Å². The maximum Gasteiger partial charge on any atom is 0.252 e. The minimum Gasteiger partial charge on any atom is -0.311 e. The number of pyridine rings is 1. The van der Waals surface area contributed by atoms with Gasteiger partial charge in [-0.3, -0.25) is 0 Å². The number of nitriles is 1. The molecule has 0 unspecified atom stereocenters. The summed E-state index contributed by atoms with van der Waals surface area (Å²) in [4.78, 5) is 9.77. The summed E-state index contributed by atoms with van der Waals surface area (Å²) in [6.45, 7) is -0.121. The highest BCUT2D eigenvalue weighted by Crippen LogP contribution is 2.47. The third-order valence-corrected chi connectivity index (χ3v) is 12.9. The molecule has 2 aliphatic rings. The molecule has 3 heterocycles. The van der Waals surface area contributed by atoms with E-state index in [0.717, 1.165) is 56.5 Å². The van der Waals surface area contributed by atoms with Gasteiger partial charge < -0.3 is 9.80 Å². The van der Waals surface area contributed by atoms with Crippen molar-refractivity contribution in [3.05, 3.63) is 242 Å². The zero-order valence-electron chi connectivity index (χ0n) is 35.4. The maximum atomic E-state index is 10.0. The van der Waals surface area contributed by atoms with E-state index in [0.29, 0.717) is 5.69 Å². The second-order valence-electron chi connectivity index (χ2n) is 16.7. The summed E-state index contributed by atoms with van der Waals surface area (Å²) in [5.74, 6) is 0. The fourth-order valence-corrected chi connectivity index (χ4v) is 9.85. The lowest BCUT2D eigenvalue weighted by Gasteiger charge is -2.44. The van der Waals surface area contributed by atoms with Crippen molar-refractivity contribution >= 4 is 57.2 Å². The van der Waals surface area contributed by atoms with Crippen LogP contribution in [-0.2, 0) is 0 Å². The number of benzene rings is 9. The van der Waals surface area contributed by atoms with Crippen LogP contribution in [-0.4, -0.2) is 11.7 Å². The average molecular weight is 827 g/mol. The van der Waals surface area contributed by atoms with Gasteiger partial charge in [-0.05, 0) is 122 Å². The van der Waals surface area contributed by atoms with E-state index in [1.54, 1.807) is 6.07 Å². The first kappa shape index (κ1) is 38.0. The summed E-state index contributed by atoms with van der Waals surface area (Å²) in [7, 11) is 0. The van der Waals surface area contributed by atoms with Gasteiger partial charge in [0.2, 0.25) is 0 Å². The lowest BCUT2D eigenvalue weighted by atomic mass is 9.33. The second kappa shape index (κ2) is 15.9. The van der Waals surface area contributed by atoms with Crippen molar-refractivity contribution in [1.29, 1.82) is 5.26 Å². The molecule has 0 atom stereocenters. The van der Waals surface area contributed by atoms with Gasteiger partial charge in [0.25, 0.3) is 6.71 Å². The van der Waals surface area contributed by atoms with Crippen molar-refractivity contribution in [3.63, 3.8) is 0 Å². The Morgan fingerprint density at radius 2 is 0.723 bits per heavy atom. The van der Waals surface area contributed by atoms with Gasteiger partial charge >= 0.3 is 0 Å². The van der Waals surface area contributed by atoms with E-state index >= 15 is 0 Å². The van der Waals surface area contributed by atoms with Crippen LogP contribution in [0.4, 0.5) is 34.1 Å². The van der Waals surface area contributed by atoms with E-state index < -0.39 is 0 Å². The summed E-state index contributed by atoms with van der Waals surface area (Å²) in [5.41, 5.74) is 21.6. The van der Waals surface area contributed by atoms with E-state index in [1.807, 2.05) is 12.1 Å². The van der Waals surface area contributed by atoms with Gasteiger partial charge in [0, 0.05) is 39.7 Å². The quantitative estimate of drug-likeness (QED) is 0.150. The van der Waals surface area contributed by atoms with Crippen LogP contribution in [0, 0.1) is 11.3 Å². The molecule has 0 bridgehead atoms. The first-order valence-electron chi connectivity index (χ1n) is 22.0. The molecule has 1 aromatic heterocycles. The van der Waals surface area contributed by atoms with E-state index in [4.69, 9.17) is 4.98 Å². The van der Waals surface area contributed by atoms with Gasteiger partial charge in [-0.15, -0.1) is 0 Å². The highest BCUT2D eigenvalue weighted by atomic mass is 15.2. The monoisotopic (exact) mass is 826 g/mol. The van der Waals surface area contributed by atoms with Crippen LogP contribution in [0.3, 0.4) is 0 Å². The molecule has 0 saturated carbocycles. The van der Waals surface area contributed by atoms with E-state index in [-0.39, 0.29) is 6.71 Å². The Labute approximate surface area is 379 Å². The topological polar surface area (TPSA) is 43.2 Å². The van der Waals surface area contributed by atoms with Crippen LogP contribution in [0.1, 0.15) is 5.69 Å². The van der Waals surface area contributed by atoms with E-state index in [9.17, 15) is 5.26 Å². The van der Waals surface area contributed by atoms with Crippen LogP contribution >= 0.6 is 0 Å². The Hall–Kier alpha value is -8.72. The molecule has 0 N–H and O–H groups in total. The first-order valence-corrected chi connectivity index (χ1v) is 22.0. The van der Waals surface area contributed by atoms with E-state index in [2.05, 4.69) is 234 Å². The molecule has 0 radical (unpaired) electrons. The molecular weight excluding hydrogens is 787 g/mol. The molecule has 0 amide bonds. The summed E-state index contributed by atoms with van der Waals surface area (Å²) in [5, 5.41) is 10.0. The Morgan fingerprint density at radius 3 is 1.14 bits per heavy atom. The standard InChI is InChI=1S/C60H39BN4/c62-40-50-22-13-23-55(63-50)49-38-58-60-59(39-49)65(52-32-26-46(27-33-52)42-16-7-2-8-17-42)57-35-29-48(44-20-11-4-12-21-44)37-54(57)61(60)53-36-47(43-18-9-3-10-19-43)28-34-56(53)64(58)51-30-24-45(25-31-51)41-14-5-1-6-15-41/h1-39H. The van der Waals surface area contributed by atoms with Gasteiger partial charge in [-0.2, -0.15) is 5.26 Å². The molecule has 10 aromatic rings. The zero-order valence-corrected chi connectivity index (χ0v) is 35.4. The number of hydrogen-bond donors (Lipinski definition) is 0. The lowest BCUT2D eigenvalue weighted by molar-refractivity contribution is 1.24. The smallest absolute Gasteiger partial charge is 0.252 e. The Kier molecular flexibility index (Phi) is 9.28. The molecule has 2 aliphatic heterocycles. The Balaban J connectivity index is 1.16. The first-order chi connectivity index (χ1) is 32.2. The normalized spacial score (nSPS) is 12.2. The molecule has 4 nitrogen and oxygen atoms in total. The summed E-state index contributed by atoms with van der Waals surface area (Å²) in [6.07, 6.45) is 0. The molecular formula is C60H39BN4. The lowest BCUT2D eigenvalue weighted by Crippen LogP contribution is -2.61. The van der Waals surface area contributed by atoms with Gasteiger partial charge in [-0.25, -0.2) is 4.98 Å². The molecule has 0 aliphatic carbocycles. The van der Waals surface area contributed by atoms with Crippen LogP contribution in [0.15, 0.2) is 237 Å². The third kappa shape index (κ3) is 6.68. The molecule has 302 valence electrons. The molecule has 0 saturated heterocycles. The number of fused-ring (bicyclic) bond motifs is 4. The minimum absolute atomic E-state index is 0.121. The fourth-order valence-electron chi connectivity index (χ4n) is 9.85. The van der Waals surface area contributed by atoms with Crippen LogP contribution in [0.25, 0.3) is 55.8 Å². The van der Waals surface area contributed by atoms with Crippen molar-refractivity contribution in [1.82, 2.24) is 4.98 Å². The molecule has 12 rings (SSSR count). The predicted octanol–water partition coefficient (Wildman–Crippen LogP) is 13.4. The van der Waals surface area contributed by atoms with Crippen molar-refractivity contribution in [2.24, 2.45) is 0 Å². The Morgan fingerprint density at radius 1 is 0.338 bits per heavy atom. The minimum atomic E-state index is -0.121. The molecule has 5 heteroatoms. The maximum absolute atomic E-state index is 10.0. The van der Waals surface area contributed by atoms with Crippen molar-refractivity contribution < 1.29 is 0 Å². The highest BCUT2D eigenvalue weighted by Gasteiger charge is 2.44. The van der Waals surface area contributed by atoms with Crippen LogP contribution < -0.4 is 26.2 Å². The Bertz CT molecular complexity index is 3220. The summed E-state index contributed by atoms with van der Waals surface area (Å²) in [6, 6.07) is 86.9. The van der Waals surface area contributed by atoms with Gasteiger partial charge in [0.1, 0.15) is 11.8 Å². The van der Waals surface area contributed by atoms with Crippen LogP contribution in [0.5, 0.6) is 0 Å². The predicted molar refractivity (Wildman–Crippen MR) is 270 cm³/mol. The van der Waals surface area contributed by atoms with Gasteiger partial charge in [0.15, 0.2) is 0 Å². The molecule has 65 heavy (non-hydrogen) atoms. The molecule has 9 aromatic carbocycles. The average Bonchev–Trinajstić information content (AvgIpc) is 3.39. The van der Waals surface area contributed by atoms with Crippen molar-refractivity contribution in [2.75, 3.05) is 9.80 Å². The number of nitrogens with zero attached hydrogens (tertiary/aromatic N) is 4. The number of aromatic nitrogens is 1. The largest absolute Gasteiger partial charge is 0.311 e. The third-order valence-electron chi connectivity index (χ3n) is 12.9. The second-order valence-corrected chi connectivity index (χ2v) is 16.7. The van der Waals surface area contributed by atoms with Crippen LogP contribution in [0.2, 0.25) is 0 Å².